The van der Waals surface area contributed by atoms with Crippen molar-refractivity contribution in [3.8, 4) is 0 Å². The van der Waals surface area contributed by atoms with Crippen molar-refractivity contribution in [3.05, 3.63) is 28.5 Å². The molecule has 0 bridgehead atoms. The third kappa shape index (κ3) is 3.81. The van der Waals surface area contributed by atoms with Gasteiger partial charge in [0.25, 0.3) is 0 Å². The number of carboxylic acid groups (broad SMARTS) is 1. The Morgan fingerprint density at radius 1 is 1.48 bits per heavy atom. The van der Waals surface area contributed by atoms with Gasteiger partial charge in [-0.15, -0.1) is 0 Å². The van der Waals surface area contributed by atoms with Gasteiger partial charge in [0, 0.05) is 24.0 Å². The number of piperidine rings is 1. The fourth-order valence-electron chi connectivity index (χ4n) is 2.48. The molecule has 0 aliphatic carbocycles. The van der Waals surface area contributed by atoms with Crippen LogP contribution in [0, 0.1) is 11.7 Å². The van der Waals surface area contributed by atoms with Gasteiger partial charge in [-0.2, -0.15) is 4.31 Å². The lowest BCUT2D eigenvalue weighted by Gasteiger charge is -2.31. The summed E-state index contributed by atoms with van der Waals surface area (Å²) in [4.78, 5) is 10.4. The highest BCUT2D eigenvalue weighted by Crippen LogP contribution is 2.27. The minimum Gasteiger partial charge on any atom is -0.481 e. The fraction of sp³-hybridized carbons (Fsp3) is 0.462. The molecular weight excluding hydrogens is 365 g/mol. The molecule has 1 aromatic carbocycles. The van der Waals surface area contributed by atoms with E-state index < -0.39 is 21.8 Å². The first kappa shape index (κ1) is 16.4. The number of aliphatic carboxylic acids is 1. The average molecular weight is 380 g/mol. The normalized spacial score (nSPS) is 20.4. The monoisotopic (exact) mass is 379 g/mol. The molecule has 2 rings (SSSR count). The second kappa shape index (κ2) is 6.41. The summed E-state index contributed by atoms with van der Waals surface area (Å²) in [5, 5.41) is 8.81. The highest BCUT2D eigenvalue weighted by molar-refractivity contribution is 9.10. The van der Waals surface area contributed by atoms with Crippen molar-refractivity contribution >= 4 is 31.9 Å². The number of hydrogen-bond donors (Lipinski definition) is 1. The smallest absolute Gasteiger partial charge is 0.303 e. The van der Waals surface area contributed by atoms with Crippen LogP contribution in [0.3, 0.4) is 0 Å². The average Bonchev–Trinajstić information content (AvgIpc) is 2.37. The van der Waals surface area contributed by atoms with Gasteiger partial charge in [-0.3, -0.25) is 4.79 Å². The molecule has 0 aromatic heterocycles. The molecule has 1 atom stereocenters. The molecule has 1 fully saturated rings. The largest absolute Gasteiger partial charge is 0.481 e. The number of carboxylic acids is 1. The van der Waals surface area contributed by atoms with Gasteiger partial charge < -0.3 is 5.11 Å². The zero-order valence-corrected chi connectivity index (χ0v) is 13.5. The number of sulfonamides is 1. The van der Waals surface area contributed by atoms with Gasteiger partial charge in [-0.1, -0.05) is 15.9 Å². The lowest BCUT2D eigenvalue weighted by Crippen LogP contribution is -2.40. The molecule has 1 aliphatic rings. The van der Waals surface area contributed by atoms with Crippen molar-refractivity contribution in [2.45, 2.75) is 24.2 Å². The van der Waals surface area contributed by atoms with Gasteiger partial charge in [0.15, 0.2) is 0 Å². The Kier molecular flexibility index (Phi) is 5.00. The fourth-order valence-corrected chi connectivity index (χ4v) is 4.42. The molecule has 1 aliphatic heterocycles. The van der Waals surface area contributed by atoms with E-state index in [0.717, 1.165) is 6.07 Å². The van der Waals surface area contributed by atoms with E-state index in [1.165, 1.54) is 16.4 Å². The first-order valence-electron chi connectivity index (χ1n) is 6.47. The lowest BCUT2D eigenvalue weighted by molar-refractivity contribution is -0.138. The van der Waals surface area contributed by atoms with Crippen LogP contribution in [0.15, 0.2) is 27.6 Å². The number of carbonyl (C=O) groups is 1. The molecule has 8 heteroatoms. The summed E-state index contributed by atoms with van der Waals surface area (Å²) in [6.45, 7) is 0.401. The summed E-state index contributed by atoms with van der Waals surface area (Å²) < 4.78 is 40.5. The molecule has 5 nitrogen and oxygen atoms in total. The van der Waals surface area contributed by atoms with Crippen LogP contribution < -0.4 is 0 Å². The number of benzene rings is 1. The van der Waals surface area contributed by atoms with Gasteiger partial charge in [0.1, 0.15) is 10.7 Å². The lowest BCUT2D eigenvalue weighted by atomic mass is 9.96. The van der Waals surface area contributed by atoms with E-state index in [1.54, 1.807) is 0 Å². The van der Waals surface area contributed by atoms with Crippen LogP contribution in [0.25, 0.3) is 0 Å². The maximum Gasteiger partial charge on any atom is 0.303 e. The predicted octanol–water partition coefficient (Wildman–Crippen LogP) is 2.46. The number of rotatable bonds is 4. The summed E-state index contributed by atoms with van der Waals surface area (Å²) in [6.07, 6.45) is 1.17. The van der Waals surface area contributed by atoms with Crippen molar-refractivity contribution in [2.24, 2.45) is 5.92 Å². The summed E-state index contributed by atoms with van der Waals surface area (Å²) in [5.41, 5.74) is 0. The molecule has 0 saturated carbocycles. The summed E-state index contributed by atoms with van der Waals surface area (Å²) in [5.74, 6) is -2.00. The summed E-state index contributed by atoms with van der Waals surface area (Å²) in [7, 11) is -3.93. The molecule has 1 heterocycles. The summed E-state index contributed by atoms with van der Waals surface area (Å²) in [6, 6.07) is 3.79. The van der Waals surface area contributed by atoms with Crippen molar-refractivity contribution in [1.82, 2.24) is 4.31 Å². The van der Waals surface area contributed by atoms with Crippen molar-refractivity contribution in [2.75, 3.05) is 13.1 Å². The zero-order valence-electron chi connectivity index (χ0n) is 11.1. The van der Waals surface area contributed by atoms with Crippen LogP contribution in [0.4, 0.5) is 4.39 Å². The Labute approximate surface area is 130 Å². The molecule has 0 amide bonds. The molecule has 1 N–H and O–H groups in total. The second-order valence-electron chi connectivity index (χ2n) is 5.04. The Hall–Kier alpha value is -0.990. The van der Waals surface area contributed by atoms with E-state index in [-0.39, 0.29) is 30.3 Å². The molecule has 1 saturated heterocycles. The van der Waals surface area contributed by atoms with Gasteiger partial charge in [-0.05, 0) is 37.0 Å². The van der Waals surface area contributed by atoms with Crippen LogP contribution in [0.1, 0.15) is 19.3 Å². The number of nitrogens with zero attached hydrogens (tertiary/aromatic N) is 1. The first-order chi connectivity index (χ1) is 9.80. The van der Waals surface area contributed by atoms with Gasteiger partial charge >= 0.3 is 5.97 Å². The van der Waals surface area contributed by atoms with Crippen molar-refractivity contribution in [1.29, 1.82) is 0 Å². The molecule has 0 radical (unpaired) electrons. The van der Waals surface area contributed by atoms with Crippen LogP contribution >= 0.6 is 15.9 Å². The number of hydrogen-bond acceptors (Lipinski definition) is 3. The first-order valence-corrected chi connectivity index (χ1v) is 8.71. The minimum absolute atomic E-state index is 0.0746. The molecule has 1 unspecified atom stereocenters. The highest BCUT2D eigenvalue weighted by Gasteiger charge is 2.32. The van der Waals surface area contributed by atoms with E-state index >= 15 is 0 Å². The van der Waals surface area contributed by atoms with Crippen LogP contribution in [0.2, 0.25) is 0 Å². The van der Waals surface area contributed by atoms with E-state index in [9.17, 15) is 17.6 Å². The van der Waals surface area contributed by atoms with Crippen LogP contribution in [-0.2, 0) is 14.8 Å². The highest BCUT2D eigenvalue weighted by atomic mass is 79.9. The molecule has 21 heavy (non-hydrogen) atoms. The van der Waals surface area contributed by atoms with Crippen molar-refractivity contribution in [3.63, 3.8) is 0 Å². The summed E-state index contributed by atoms with van der Waals surface area (Å²) >= 11 is 3.08. The Bertz CT molecular complexity index is 650. The predicted molar refractivity (Wildman–Crippen MR) is 77.8 cm³/mol. The second-order valence-corrected chi connectivity index (χ2v) is 7.87. The Balaban J connectivity index is 2.24. The number of halogens is 2. The molecule has 116 valence electrons. The maximum absolute atomic E-state index is 13.9. The SMILES string of the molecule is O=C(O)CC1CCCN(S(=O)(=O)c2ccc(Br)cc2F)C1. The standard InChI is InChI=1S/C13H15BrFNO4S/c14-10-3-4-12(11(15)7-10)21(19,20)16-5-1-2-9(8-16)6-13(17)18/h3-4,7,9H,1-2,5-6,8H2,(H,17,18). The van der Waals surface area contributed by atoms with Gasteiger partial charge in [0.2, 0.25) is 10.0 Å². The van der Waals surface area contributed by atoms with E-state index in [4.69, 9.17) is 5.11 Å². The Morgan fingerprint density at radius 2 is 2.19 bits per heavy atom. The maximum atomic E-state index is 13.9. The quantitative estimate of drug-likeness (QED) is 0.871. The zero-order chi connectivity index (χ0) is 15.6. The van der Waals surface area contributed by atoms with Crippen LogP contribution in [0.5, 0.6) is 0 Å². The van der Waals surface area contributed by atoms with Gasteiger partial charge in [-0.25, -0.2) is 12.8 Å². The molecular formula is C13H15BrFNO4S. The Morgan fingerprint density at radius 3 is 2.81 bits per heavy atom. The van der Waals surface area contributed by atoms with E-state index in [1.807, 2.05) is 0 Å². The van der Waals surface area contributed by atoms with Crippen molar-refractivity contribution < 1.29 is 22.7 Å². The molecule has 0 spiro atoms. The van der Waals surface area contributed by atoms with E-state index in [2.05, 4.69) is 15.9 Å². The molecule has 1 aromatic rings. The third-order valence-electron chi connectivity index (χ3n) is 3.46. The van der Waals surface area contributed by atoms with E-state index in [0.29, 0.717) is 17.3 Å². The third-order valence-corrected chi connectivity index (χ3v) is 5.85. The topological polar surface area (TPSA) is 74.7 Å². The van der Waals surface area contributed by atoms with Crippen LogP contribution in [-0.4, -0.2) is 36.9 Å². The van der Waals surface area contributed by atoms with Gasteiger partial charge in [0.05, 0.1) is 0 Å². The minimum atomic E-state index is -3.93.